The van der Waals surface area contributed by atoms with E-state index in [9.17, 15) is 24.7 Å². The number of carbonyl (C=O) groups is 3. The van der Waals surface area contributed by atoms with Gasteiger partial charge in [-0.1, -0.05) is 78.5 Å². The van der Waals surface area contributed by atoms with Gasteiger partial charge < -0.3 is 29.8 Å². The first-order valence-electron chi connectivity index (χ1n) is 15.1. The topological polar surface area (TPSA) is 141 Å². The number of benzene rings is 3. The summed E-state index contributed by atoms with van der Waals surface area (Å²) in [5.74, 6) is -0.552. The van der Waals surface area contributed by atoms with E-state index in [4.69, 9.17) is 14.2 Å². The summed E-state index contributed by atoms with van der Waals surface area (Å²) in [5, 5.41) is 24.8. The van der Waals surface area contributed by atoms with E-state index < -0.39 is 30.2 Å². The van der Waals surface area contributed by atoms with E-state index in [1.165, 1.54) is 18.0 Å². The minimum absolute atomic E-state index is 0.0307. The Labute approximate surface area is 275 Å². The molecule has 3 amide bonds. The van der Waals surface area contributed by atoms with Gasteiger partial charge >= 0.3 is 6.09 Å². The first-order chi connectivity index (χ1) is 22.9. The predicted octanol–water partition coefficient (Wildman–Crippen LogP) is 4.71. The third-order valence-electron chi connectivity index (χ3n) is 7.87. The summed E-state index contributed by atoms with van der Waals surface area (Å²) in [5.41, 5.74) is 3.38. The van der Waals surface area contributed by atoms with Gasteiger partial charge in [0, 0.05) is 29.9 Å². The van der Waals surface area contributed by atoms with Crippen LogP contribution in [0, 0.1) is 5.21 Å². The molecule has 0 saturated carbocycles. The van der Waals surface area contributed by atoms with Crippen LogP contribution in [0.5, 0.6) is 0 Å². The number of nitrogens with zero attached hydrogens (tertiary/aromatic N) is 2. The molecule has 2 fully saturated rings. The molecule has 3 aromatic carbocycles. The Bertz CT molecular complexity index is 1720. The van der Waals surface area contributed by atoms with E-state index in [1.54, 1.807) is 42.5 Å². The number of anilines is 1. The third-order valence-corrected chi connectivity index (χ3v) is 9.02. The van der Waals surface area contributed by atoms with Gasteiger partial charge in [0.25, 0.3) is 10.9 Å². The van der Waals surface area contributed by atoms with Gasteiger partial charge in [-0.25, -0.2) is 9.69 Å². The van der Waals surface area contributed by atoms with Crippen molar-refractivity contribution < 1.29 is 38.4 Å². The average Bonchev–Trinajstić information content (AvgIpc) is 3.38. The Morgan fingerprint density at radius 3 is 2.51 bits per heavy atom. The number of pyridine rings is 1. The Kier molecular flexibility index (Phi) is 10.1. The number of ether oxygens (including phenoxy) is 3. The fourth-order valence-electron chi connectivity index (χ4n) is 5.46. The van der Waals surface area contributed by atoms with Crippen LogP contribution in [0.4, 0.5) is 10.5 Å². The zero-order valence-electron chi connectivity index (χ0n) is 25.3. The highest BCUT2D eigenvalue weighted by Gasteiger charge is 2.41. The molecular weight excluding hydrogens is 622 g/mol. The molecule has 11 nitrogen and oxygen atoms in total. The van der Waals surface area contributed by atoms with Crippen LogP contribution in [-0.4, -0.2) is 40.9 Å². The van der Waals surface area contributed by atoms with Crippen molar-refractivity contribution in [3.63, 3.8) is 0 Å². The molecule has 0 spiro atoms. The standard InChI is InChI=1S/C35H33N3O8S/c39-20-23-12-14-25(15-13-23)30-18-28(22-47-32-11-4-5-16-37(32)43)45-34(46-30)26-9-6-10-27(17-26)38-31(40)19-29(33(38)41)36-35(42)44-21-24-7-2-1-3-8-24/h1-17,28-30,34,39H,18-22H2,(H,36,42)/t28-,29?,30+,34+/m1/s1. The van der Waals surface area contributed by atoms with Gasteiger partial charge in [-0.2, -0.15) is 4.73 Å². The molecule has 2 aliphatic rings. The van der Waals surface area contributed by atoms with Gasteiger partial charge in [-0.15, -0.1) is 0 Å². The molecule has 0 aliphatic carbocycles. The van der Waals surface area contributed by atoms with Crippen LogP contribution in [0.1, 0.15) is 47.5 Å². The SMILES string of the molecule is O=C(NC1CC(=O)N(c2cccc([C@H]3O[C@@H](CSc4cccc[n+]4[O-])C[C@@H](c4ccc(CO)cc4)O3)c2)C1=O)OCc1ccccc1. The molecule has 4 aromatic rings. The van der Waals surface area contributed by atoms with Crippen molar-refractivity contribution in [2.75, 3.05) is 10.7 Å². The molecule has 242 valence electrons. The largest absolute Gasteiger partial charge is 0.618 e. The minimum Gasteiger partial charge on any atom is -0.618 e. The lowest BCUT2D eigenvalue weighted by atomic mass is 10.0. The lowest BCUT2D eigenvalue weighted by Crippen LogP contribution is -2.42. The fraction of sp³-hybridized carbons (Fsp3) is 0.257. The van der Waals surface area contributed by atoms with Gasteiger partial charge in [0.2, 0.25) is 5.91 Å². The monoisotopic (exact) mass is 655 g/mol. The van der Waals surface area contributed by atoms with Gasteiger partial charge in [-0.3, -0.25) is 9.59 Å². The summed E-state index contributed by atoms with van der Waals surface area (Å²) in [7, 11) is 0. The summed E-state index contributed by atoms with van der Waals surface area (Å²) in [6, 6.07) is 27.6. The van der Waals surface area contributed by atoms with Crippen LogP contribution in [-0.2, 0) is 37.0 Å². The van der Waals surface area contributed by atoms with Gasteiger partial charge in [0.05, 0.1) is 30.9 Å². The Morgan fingerprint density at radius 1 is 0.957 bits per heavy atom. The molecule has 6 rings (SSSR count). The van der Waals surface area contributed by atoms with E-state index in [-0.39, 0.29) is 31.8 Å². The summed E-state index contributed by atoms with van der Waals surface area (Å²) < 4.78 is 18.9. The first kappa shape index (κ1) is 32.2. The summed E-state index contributed by atoms with van der Waals surface area (Å²) in [6.07, 6.45) is -0.552. The van der Waals surface area contributed by atoms with Crippen LogP contribution in [0.15, 0.2) is 108 Å². The van der Waals surface area contributed by atoms with E-state index in [1.807, 2.05) is 54.6 Å². The van der Waals surface area contributed by atoms with Crippen LogP contribution in [0.25, 0.3) is 0 Å². The number of aliphatic hydroxyl groups is 1. The van der Waals surface area contributed by atoms with E-state index in [2.05, 4.69) is 5.32 Å². The number of rotatable bonds is 10. The highest BCUT2D eigenvalue weighted by atomic mass is 32.2. The predicted molar refractivity (Wildman–Crippen MR) is 172 cm³/mol. The smallest absolute Gasteiger partial charge is 0.408 e. The molecule has 12 heteroatoms. The molecule has 2 N–H and O–H groups in total. The van der Waals surface area contributed by atoms with Crippen molar-refractivity contribution in [3.8, 4) is 0 Å². The Balaban J connectivity index is 1.17. The zero-order valence-corrected chi connectivity index (χ0v) is 26.1. The van der Waals surface area contributed by atoms with Gasteiger partial charge in [-0.05, 0) is 34.9 Å². The van der Waals surface area contributed by atoms with Crippen LogP contribution < -0.4 is 14.9 Å². The average molecular weight is 656 g/mol. The quantitative estimate of drug-likeness (QED) is 0.108. The molecule has 2 saturated heterocycles. The second kappa shape index (κ2) is 14.8. The van der Waals surface area contributed by atoms with Crippen molar-refractivity contribution >= 4 is 35.4 Å². The van der Waals surface area contributed by atoms with E-state index >= 15 is 0 Å². The first-order valence-corrected chi connectivity index (χ1v) is 16.1. The van der Waals surface area contributed by atoms with Crippen LogP contribution >= 0.6 is 11.8 Å². The van der Waals surface area contributed by atoms with Gasteiger partial charge in [0.1, 0.15) is 12.6 Å². The van der Waals surface area contributed by atoms with Crippen LogP contribution in [0.2, 0.25) is 0 Å². The number of thioether (sulfide) groups is 1. The molecule has 3 heterocycles. The minimum atomic E-state index is -1.06. The zero-order chi connectivity index (χ0) is 32.8. The van der Waals surface area contributed by atoms with Crippen molar-refractivity contribution in [3.05, 3.63) is 131 Å². The van der Waals surface area contributed by atoms with Gasteiger partial charge in [0.15, 0.2) is 12.5 Å². The maximum absolute atomic E-state index is 13.3. The molecule has 0 radical (unpaired) electrons. The second-order valence-corrected chi connectivity index (χ2v) is 12.2. The molecule has 47 heavy (non-hydrogen) atoms. The molecule has 1 aromatic heterocycles. The lowest BCUT2D eigenvalue weighted by molar-refractivity contribution is -0.645. The molecule has 2 aliphatic heterocycles. The maximum atomic E-state index is 13.3. The second-order valence-electron chi connectivity index (χ2n) is 11.2. The summed E-state index contributed by atoms with van der Waals surface area (Å²) >= 11 is 1.38. The molecule has 0 bridgehead atoms. The number of nitrogens with one attached hydrogen (secondary N) is 1. The Morgan fingerprint density at radius 2 is 1.74 bits per heavy atom. The summed E-state index contributed by atoms with van der Waals surface area (Å²) in [4.78, 5) is 39.8. The number of alkyl carbamates (subject to hydrolysis) is 1. The molecule has 4 atom stereocenters. The number of hydrogen-bond donors (Lipinski definition) is 2. The summed E-state index contributed by atoms with van der Waals surface area (Å²) in [6.45, 7) is -0.0436. The van der Waals surface area contributed by atoms with Crippen molar-refractivity contribution in [1.82, 2.24) is 5.32 Å². The fourth-order valence-corrected chi connectivity index (χ4v) is 6.39. The highest BCUT2D eigenvalue weighted by molar-refractivity contribution is 7.99. The number of imide groups is 1. The van der Waals surface area contributed by atoms with Crippen LogP contribution in [0.3, 0.4) is 0 Å². The third kappa shape index (κ3) is 7.80. The molecular formula is C35H33N3O8S. The van der Waals surface area contributed by atoms with Crippen molar-refractivity contribution in [2.45, 2.75) is 55.6 Å². The number of amides is 3. The molecule has 1 unspecified atom stereocenters. The number of hydrogen-bond acceptors (Lipinski definition) is 9. The van der Waals surface area contributed by atoms with Crippen molar-refractivity contribution in [2.24, 2.45) is 0 Å². The Hall–Kier alpha value is -4.75. The lowest BCUT2D eigenvalue weighted by Gasteiger charge is -2.36. The number of aromatic nitrogens is 1. The van der Waals surface area contributed by atoms with E-state index in [0.717, 1.165) is 26.3 Å². The van der Waals surface area contributed by atoms with E-state index in [0.29, 0.717) is 28.5 Å². The number of carbonyl (C=O) groups excluding carboxylic acids is 3. The van der Waals surface area contributed by atoms with Crippen molar-refractivity contribution in [1.29, 1.82) is 0 Å². The maximum Gasteiger partial charge on any atom is 0.408 e. The normalized spacial score (nSPS) is 21.1. The highest BCUT2D eigenvalue weighted by Crippen LogP contribution is 2.40. The number of aliphatic hydroxyl groups excluding tert-OH is 1.